The number of hydrogen-bond donors (Lipinski definition) is 2. The third kappa shape index (κ3) is 3.73. The van der Waals surface area contributed by atoms with Crippen molar-refractivity contribution in [3.8, 4) is 11.3 Å². The molecule has 4 rings (SSSR count). The molecule has 3 aromatic heterocycles. The van der Waals surface area contributed by atoms with Crippen molar-refractivity contribution < 1.29 is 8.42 Å². The van der Waals surface area contributed by atoms with Crippen LogP contribution in [-0.4, -0.2) is 63.6 Å². The topological polar surface area (TPSA) is 88.9 Å². The van der Waals surface area contributed by atoms with Crippen molar-refractivity contribution in [3.63, 3.8) is 0 Å². The number of hydrogen-bond acceptors (Lipinski definition) is 6. The molecule has 0 spiro atoms. The zero-order valence-electron chi connectivity index (χ0n) is 14.8. The van der Waals surface area contributed by atoms with E-state index in [0.29, 0.717) is 11.7 Å². The Labute approximate surface area is 166 Å². The number of anilines is 1. The van der Waals surface area contributed by atoms with Crippen LogP contribution in [0.4, 0.5) is 5.69 Å². The van der Waals surface area contributed by atoms with Crippen molar-refractivity contribution in [2.24, 2.45) is 0 Å². The van der Waals surface area contributed by atoms with Gasteiger partial charge in [-0.1, -0.05) is 0 Å². The van der Waals surface area contributed by atoms with Gasteiger partial charge >= 0.3 is 167 Å². The maximum atomic E-state index is 11.7. The summed E-state index contributed by atoms with van der Waals surface area (Å²) in [6, 6.07) is 5.67. The van der Waals surface area contributed by atoms with E-state index in [1.165, 1.54) is 12.5 Å². The second-order valence-electron chi connectivity index (χ2n) is 6.76. The number of aromatic nitrogens is 3. The molecule has 0 saturated carbocycles. The van der Waals surface area contributed by atoms with Crippen molar-refractivity contribution in [1.29, 1.82) is 0 Å². The summed E-state index contributed by atoms with van der Waals surface area (Å²) in [4.78, 5) is 9.16. The van der Waals surface area contributed by atoms with Crippen LogP contribution in [0.15, 0.2) is 41.7 Å². The first-order chi connectivity index (χ1) is 12.9. The second-order valence-corrected chi connectivity index (χ2v) is 9.61. The predicted molar refractivity (Wildman–Crippen MR) is 107 cm³/mol. The molecule has 0 aromatic carbocycles. The summed E-state index contributed by atoms with van der Waals surface area (Å²) >= 11 is 2.97. The number of rotatable bonds is 4. The first-order valence-electron chi connectivity index (χ1n) is 8.75. The molecule has 141 valence electrons. The minimum absolute atomic E-state index is 0.209. The van der Waals surface area contributed by atoms with E-state index in [0.717, 1.165) is 48.2 Å². The van der Waals surface area contributed by atoms with Gasteiger partial charge in [0.15, 0.2) is 0 Å². The number of nitrogens with zero attached hydrogens (tertiary/aromatic N) is 3. The minimum atomic E-state index is -3.28. The van der Waals surface area contributed by atoms with Crippen molar-refractivity contribution >= 4 is 42.8 Å². The number of fused-ring (bicyclic) bond motifs is 1. The van der Waals surface area contributed by atoms with E-state index >= 15 is 0 Å². The van der Waals surface area contributed by atoms with E-state index in [-0.39, 0.29) is 4.90 Å². The van der Waals surface area contributed by atoms with E-state index < -0.39 is 9.84 Å². The molecule has 1 atom stereocenters. The first-order valence-corrected chi connectivity index (χ1v) is 11.4. The van der Waals surface area contributed by atoms with Crippen molar-refractivity contribution in [2.75, 3.05) is 24.7 Å². The fourth-order valence-electron chi connectivity index (χ4n) is 3.35. The molecule has 1 fully saturated rings. The Kier molecular flexibility index (Phi) is 4.94. The molecule has 4 heterocycles. The average Bonchev–Trinajstić information content (AvgIpc) is 3.04. The van der Waals surface area contributed by atoms with E-state index in [1.807, 2.05) is 15.8 Å². The van der Waals surface area contributed by atoms with Crippen LogP contribution in [0.25, 0.3) is 22.3 Å². The van der Waals surface area contributed by atoms with Gasteiger partial charge < -0.3 is 0 Å². The molecule has 3 aromatic rings. The van der Waals surface area contributed by atoms with Gasteiger partial charge in [-0.25, -0.2) is 0 Å². The zero-order chi connectivity index (χ0) is 19.0. The van der Waals surface area contributed by atoms with Gasteiger partial charge in [0.1, 0.15) is 0 Å². The van der Waals surface area contributed by atoms with Crippen molar-refractivity contribution in [1.82, 2.24) is 18.9 Å². The molecule has 1 aliphatic rings. The molecule has 2 N–H and O–H groups in total. The summed E-state index contributed by atoms with van der Waals surface area (Å²) in [5.74, 6) is 0. The van der Waals surface area contributed by atoms with Gasteiger partial charge in [0.25, 0.3) is 0 Å². The van der Waals surface area contributed by atoms with Crippen molar-refractivity contribution in [2.45, 2.75) is 23.8 Å². The SMILES string of the molecule is CS(=O)(=O)c1ccc(-c2cnc3c(ccn3[Se])c2N[C@@H]2CCCNC2)nc1. The van der Waals surface area contributed by atoms with Crippen LogP contribution < -0.4 is 10.6 Å². The molecule has 0 unspecified atom stereocenters. The Morgan fingerprint density at radius 2 is 2.11 bits per heavy atom. The molecule has 0 bridgehead atoms. The number of nitrogens with one attached hydrogen (secondary N) is 2. The number of sulfone groups is 1. The van der Waals surface area contributed by atoms with Crippen LogP contribution in [0.3, 0.4) is 0 Å². The van der Waals surface area contributed by atoms with Crippen molar-refractivity contribution in [3.05, 3.63) is 36.8 Å². The van der Waals surface area contributed by atoms with Crippen LogP contribution in [0, 0.1) is 0 Å². The predicted octanol–water partition coefficient (Wildman–Crippen LogP) is 1.60. The summed E-state index contributed by atoms with van der Waals surface area (Å²) in [6.45, 7) is 1.95. The van der Waals surface area contributed by atoms with Gasteiger partial charge in [0.05, 0.1) is 0 Å². The van der Waals surface area contributed by atoms with Gasteiger partial charge in [-0.3, -0.25) is 0 Å². The first kappa shape index (κ1) is 18.4. The molecule has 1 aliphatic heterocycles. The summed E-state index contributed by atoms with van der Waals surface area (Å²) in [5.41, 5.74) is 3.37. The standard InChI is InChI=1S/C18H20N5O2SSe/c1-26(24,25)13-4-5-16(20-10-13)15-11-21-18-14(6-8-23(18)27)17(15)22-12-3-2-7-19-9-12/h4-6,8,10-12,19H,2-3,7,9H2,1H3,(H,21,22)/t12-/m1/s1. The monoisotopic (exact) mass is 450 g/mol. The Morgan fingerprint density at radius 3 is 2.78 bits per heavy atom. The van der Waals surface area contributed by atoms with E-state index in [9.17, 15) is 8.42 Å². The Morgan fingerprint density at radius 1 is 1.26 bits per heavy atom. The Hall–Kier alpha value is -1.93. The quantitative estimate of drug-likeness (QED) is 0.589. The van der Waals surface area contributed by atoms with E-state index in [4.69, 9.17) is 0 Å². The van der Waals surface area contributed by atoms with Crippen LogP contribution in [0.1, 0.15) is 12.8 Å². The van der Waals surface area contributed by atoms with E-state index in [2.05, 4.69) is 36.8 Å². The summed E-state index contributed by atoms with van der Waals surface area (Å²) in [7, 11) is -3.28. The second kappa shape index (κ2) is 7.24. The molecule has 7 nitrogen and oxygen atoms in total. The number of pyridine rings is 2. The molecular formula is C18H20N5O2SSe. The molecule has 0 amide bonds. The van der Waals surface area contributed by atoms with Gasteiger partial charge in [0.2, 0.25) is 0 Å². The number of piperidine rings is 1. The van der Waals surface area contributed by atoms with Gasteiger partial charge in [-0.05, 0) is 0 Å². The molecule has 0 aliphatic carbocycles. The summed E-state index contributed by atoms with van der Waals surface area (Å²) in [5, 5.41) is 8.09. The zero-order valence-corrected chi connectivity index (χ0v) is 17.4. The van der Waals surface area contributed by atoms with Gasteiger partial charge in [-0.2, -0.15) is 0 Å². The van der Waals surface area contributed by atoms with Crippen LogP contribution in [0.5, 0.6) is 0 Å². The molecule has 1 saturated heterocycles. The summed E-state index contributed by atoms with van der Waals surface area (Å²) < 4.78 is 25.3. The molecular weight excluding hydrogens is 429 g/mol. The van der Waals surface area contributed by atoms with E-state index in [1.54, 1.807) is 18.3 Å². The Bertz CT molecular complexity index is 1070. The summed E-state index contributed by atoms with van der Waals surface area (Å²) in [6.07, 6.45) is 8.53. The Balaban J connectivity index is 1.80. The molecule has 27 heavy (non-hydrogen) atoms. The molecule has 9 heteroatoms. The molecule has 1 radical (unpaired) electrons. The third-order valence-electron chi connectivity index (χ3n) is 4.77. The normalized spacial score (nSPS) is 17.9. The van der Waals surface area contributed by atoms with Crippen LogP contribution >= 0.6 is 0 Å². The average molecular weight is 449 g/mol. The fourth-order valence-corrected chi connectivity index (χ4v) is 4.34. The van der Waals surface area contributed by atoms with Crippen LogP contribution in [0.2, 0.25) is 0 Å². The fraction of sp³-hybridized carbons (Fsp3) is 0.333. The maximum absolute atomic E-state index is 11.7. The van der Waals surface area contributed by atoms with Gasteiger partial charge in [0, 0.05) is 0 Å². The van der Waals surface area contributed by atoms with Gasteiger partial charge in [-0.15, -0.1) is 0 Å². The third-order valence-corrected chi connectivity index (χ3v) is 6.48. The van der Waals surface area contributed by atoms with Crippen LogP contribution in [-0.2, 0) is 9.84 Å².